The number of nitrogens with zero attached hydrogens (tertiary/aromatic N) is 1. The normalized spacial score (nSPS) is 12.1. The first-order chi connectivity index (χ1) is 11.1. The van der Waals surface area contributed by atoms with Gasteiger partial charge in [0.2, 0.25) is 0 Å². The van der Waals surface area contributed by atoms with Crippen molar-refractivity contribution in [1.29, 1.82) is 0 Å². The lowest BCUT2D eigenvalue weighted by atomic mass is 10.2. The third-order valence-corrected chi connectivity index (χ3v) is 8.63. The van der Waals surface area contributed by atoms with Gasteiger partial charge in [0.15, 0.2) is 0 Å². The summed E-state index contributed by atoms with van der Waals surface area (Å²) in [5.74, 6) is 0. The molecule has 0 fully saturated rings. The van der Waals surface area contributed by atoms with Crippen molar-refractivity contribution < 1.29 is 0 Å². The number of fused-ring (bicyclic) bond motifs is 3. The maximum atomic E-state index is 4.77. The molecule has 0 spiro atoms. The Hall–Kier alpha value is -1.27. The van der Waals surface area contributed by atoms with E-state index in [0.717, 1.165) is 5.01 Å². The Bertz CT molecular complexity index is 1150. The van der Waals surface area contributed by atoms with Crippen LogP contribution in [-0.4, -0.2) is 4.98 Å². The summed E-state index contributed by atoms with van der Waals surface area (Å²) in [5.41, 5.74) is 1.19. The highest BCUT2D eigenvalue weighted by Gasteiger charge is 2.17. The zero-order valence-electron chi connectivity index (χ0n) is 12.9. The average Bonchev–Trinajstić information content (AvgIpc) is 3.20. The molecule has 0 bridgehead atoms. The van der Waals surface area contributed by atoms with Crippen molar-refractivity contribution in [3.8, 4) is 9.75 Å². The van der Waals surface area contributed by atoms with Crippen LogP contribution in [0.5, 0.6) is 0 Å². The monoisotopic (exact) mass is 371 g/mol. The molecule has 5 heteroatoms. The summed E-state index contributed by atoms with van der Waals surface area (Å²) in [6.45, 7) is 6.49. The van der Waals surface area contributed by atoms with Crippen LogP contribution in [0, 0.1) is 20.8 Å². The van der Waals surface area contributed by atoms with Gasteiger partial charge in [-0.1, -0.05) is 0 Å². The molecule has 4 heterocycles. The van der Waals surface area contributed by atoms with E-state index in [-0.39, 0.29) is 0 Å². The van der Waals surface area contributed by atoms with Gasteiger partial charge in [-0.2, -0.15) is 0 Å². The molecule has 0 aliphatic heterocycles. The van der Waals surface area contributed by atoms with E-state index >= 15 is 0 Å². The van der Waals surface area contributed by atoms with E-state index in [2.05, 4.69) is 45.0 Å². The fraction of sp³-hybridized carbons (Fsp3) is 0.167. The Kier molecular flexibility index (Phi) is 2.98. The molecule has 0 saturated carbocycles. The first kappa shape index (κ1) is 14.1. The summed E-state index contributed by atoms with van der Waals surface area (Å²) in [7, 11) is 0. The first-order valence-corrected chi connectivity index (χ1v) is 10.7. The van der Waals surface area contributed by atoms with E-state index in [4.69, 9.17) is 4.98 Å². The summed E-state index contributed by atoms with van der Waals surface area (Å²) >= 11 is 7.46. The van der Waals surface area contributed by atoms with E-state index in [9.17, 15) is 0 Å². The van der Waals surface area contributed by atoms with Crippen LogP contribution >= 0.6 is 45.3 Å². The summed E-state index contributed by atoms with van der Waals surface area (Å²) in [6.07, 6.45) is 0. The van der Waals surface area contributed by atoms with Gasteiger partial charge in [-0.3, -0.25) is 0 Å². The van der Waals surface area contributed by atoms with E-state index in [0.29, 0.717) is 0 Å². The summed E-state index contributed by atoms with van der Waals surface area (Å²) in [4.78, 5) is 10.2. The van der Waals surface area contributed by atoms with Crippen molar-refractivity contribution in [2.45, 2.75) is 20.8 Å². The maximum Gasteiger partial charge on any atom is 0.101 e. The number of aryl methyl sites for hydroxylation is 3. The molecule has 0 atom stereocenters. The largest absolute Gasteiger partial charge is 0.240 e. The smallest absolute Gasteiger partial charge is 0.101 e. The average molecular weight is 372 g/mol. The Morgan fingerprint density at radius 2 is 1.52 bits per heavy atom. The van der Waals surface area contributed by atoms with Crippen LogP contribution in [0.1, 0.15) is 14.8 Å². The fourth-order valence-corrected chi connectivity index (χ4v) is 7.32. The molecule has 0 saturated heterocycles. The number of aromatic nitrogens is 1. The lowest BCUT2D eigenvalue weighted by molar-refractivity contribution is 1.35. The Labute approximate surface area is 149 Å². The van der Waals surface area contributed by atoms with Crippen molar-refractivity contribution in [2.75, 3.05) is 0 Å². The second-order valence-corrected chi connectivity index (χ2v) is 10.6. The number of hydrogen-bond donors (Lipinski definition) is 0. The zero-order chi connectivity index (χ0) is 15.7. The maximum absolute atomic E-state index is 4.77. The quantitative estimate of drug-likeness (QED) is 0.299. The van der Waals surface area contributed by atoms with Crippen LogP contribution in [0.25, 0.3) is 40.1 Å². The van der Waals surface area contributed by atoms with Gasteiger partial charge in [-0.25, -0.2) is 4.98 Å². The Morgan fingerprint density at radius 1 is 0.783 bits per heavy atom. The number of rotatable bonds is 1. The van der Waals surface area contributed by atoms with Gasteiger partial charge in [0.05, 0.1) is 14.6 Å². The number of hydrogen-bond acceptors (Lipinski definition) is 5. The minimum atomic E-state index is 1.16. The SMILES string of the molecule is Cc1cc2cc3sc(-c4sc(C)c5sc(C)nc45)cc3cc2s1. The molecule has 0 unspecified atom stereocenters. The Morgan fingerprint density at radius 3 is 2.35 bits per heavy atom. The van der Waals surface area contributed by atoms with Crippen molar-refractivity contribution >= 4 is 75.7 Å². The summed E-state index contributed by atoms with van der Waals surface area (Å²) < 4.78 is 4.12. The molecule has 5 aromatic rings. The lowest BCUT2D eigenvalue weighted by Crippen LogP contribution is -1.68. The lowest BCUT2D eigenvalue weighted by Gasteiger charge is -1.89. The van der Waals surface area contributed by atoms with Gasteiger partial charge in [0, 0.05) is 24.0 Å². The third-order valence-electron chi connectivity index (χ3n) is 4.03. The predicted octanol–water partition coefficient (Wildman–Crippen LogP) is 7.38. The van der Waals surface area contributed by atoms with Gasteiger partial charge in [0.25, 0.3) is 0 Å². The number of benzene rings is 1. The van der Waals surface area contributed by atoms with E-state index < -0.39 is 0 Å². The molecule has 4 aromatic heterocycles. The number of thiophene rings is 3. The van der Waals surface area contributed by atoms with E-state index in [1.807, 2.05) is 45.3 Å². The molecule has 23 heavy (non-hydrogen) atoms. The molecule has 1 nitrogen and oxygen atoms in total. The Balaban J connectivity index is 1.78. The van der Waals surface area contributed by atoms with Crippen molar-refractivity contribution in [1.82, 2.24) is 4.98 Å². The molecular formula is C18H13NS4. The zero-order valence-corrected chi connectivity index (χ0v) is 16.2. The van der Waals surface area contributed by atoms with Crippen molar-refractivity contribution in [3.63, 3.8) is 0 Å². The van der Waals surface area contributed by atoms with Crippen LogP contribution in [0.3, 0.4) is 0 Å². The number of thiazole rings is 1. The third kappa shape index (κ3) is 2.11. The molecule has 5 rings (SSSR count). The van der Waals surface area contributed by atoms with Crippen LogP contribution in [-0.2, 0) is 0 Å². The topological polar surface area (TPSA) is 12.9 Å². The van der Waals surface area contributed by atoms with E-state index in [1.54, 1.807) is 0 Å². The highest BCUT2D eigenvalue weighted by atomic mass is 32.1. The molecule has 0 N–H and O–H groups in total. The van der Waals surface area contributed by atoms with Gasteiger partial charge < -0.3 is 0 Å². The molecule has 1 aromatic carbocycles. The second kappa shape index (κ2) is 4.86. The molecule has 0 amide bonds. The van der Waals surface area contributed by atoms with Crippen LogP contribution in [0.15, 0.2) is 24.3 Å². The first-order valence-electron chi connectivity index (χ1n) is 7.39. The van der Waals surface area contributed by atoms with Crippen LogP contribution in [0.2, 0.25) is 0 Å². The molecule has 0 aliphatic carbocycles. The second-order valence-electron chi connectivity index (χ2n) is 5.79. The van der Waals surface area contributed by atoms with Crippen molar-refractivity contribution in [3.05, 3.63) is 39.0 Å². The molecule has 0 aliphatic rings. The predicted molar refractivity (Wildman–Crippen MR) is 108 cm³/mol. The molecular weight excluding hydrogens is 358 g/mol. The molecule has 114 valence electrons. The standard InChI is InChI=1S/C18H13NS4/c1-8-4-11-5-14-12(6-13(11)20-8)7-15(23-14)18-16-17(9(2)21-18)22-10(3)19-16/h4-7H,1-3H3. The van der Waals surface area contributed by atoms with Crippen molar-refractivity contribution in [2.24, 2.45) is 0 Å². The van der Waals surface area contributed by atoms with Gasteiger partial charge in [-0.15, -0.1) is 45.3 Å². The van der Waals surface area contributed by atoms with Gasteiger partial charge >= 0.3 is 0 Å². The minimum absolute atomic E-state index is 1.16. The van der Waals surface area contributed by atoms with Crippen LogP contribution in [0.4, 0.5) is 0 Å². The van der Waals surface area contributed by atoms with E-state index in [1.165, 1.54) is 49.9 Å². The van der Waals surface area contributed by atoms with Crippen LogP contribution < -0.4 is 0 Å². The highest BCUT2D eigenvalue weighted by molar-refractivity contribution is 7.29. The summed E-state index contributed by atoms with van der Waals surface area (Å²) in [5, 5.41) is 3.88. The fourth-order valence-electron chi connectivity index (χ4n) is 3.05. The highest BCUT2D eigenvalue weighted by Crippen LogP contribution is 2.45. The van der Waals surface area contributed by atoms with Gasteiger partial charge in [-0.05, 0) is 55.8 Å². The summed E-state index contributed by atoms with van der Waals surface area (Å²) in [6, 6.07) is 9.31. The van der Waals surface area contributed by atoms with Gasteiger partial charge in [0.1, 0.15) is 5.52 Å². The molecule has 0 radical (unpaired) electrons. The minimum Gasteiger partial charge on any atom is -0.240 e.